The van der Waals surface area contributed by atoms with E-state index < -0.39 is 0 Å². The molecule has 0 spiro atoms. The van der Waals surface area contributed by atoms with Crippen LogP contribution >= 0.6 is 0 Å². The van der Waals surface area contributed by atoms with Gasteiger partial charge in [-0.15, -0.1) is 0 Å². The van der Waals surface area contributed by atoms with Gasteiger partial charge in [0.05, 0.1) is 65.6 Å². The summed E-state index contributed by atoms with van der Waals surface area (Å²) in [7, 11) is 1.64. The lowest BCUT2D eigenvalue weighted by Gasteiger charge is -2.12. The summed E-state index contributed by atoms with van der Waals surface area (Å²) < 4.78 is 25.9. The second kappa shape index (κ2) is 14.8. The van der Waals surface area contributed by atoms with Crippen molar-refractivity contribution in [1.29, 1.82) is 0 Å². The lowest BCUT2D eigenvalue weighted by atomic mass is 10.4. The Balaban J connectivity index is 3.02. The lowest BCUT2D eigenvalue weighted by Crippen LogP contribution is -2.19. The third kappa shape index (κ3) is 13.8. The molecule has 0 fully saturated rings. The molecule has 0 saturated heterocycles. The molecular weight excluding hydrogens is 240 g/mol. The van der Waals surface area contributed by atoms with E-state index in [1.807, 2.05) is 6.92 Å². The van der Waals surface area contributed by atoms with Crippen LogP contribution < -0.4 is 0 Å². The van der Waals surface area contributed by atoms with Gasteiger partial charge in [0.15, 0.2) is 0 Å². The zero-order valence-electron chi connectivity index (χ0n) is 11.4. The Bertz CT molecular complexity index is 156. The highest BCUT2D eigenvalue weighted by Gasteiger charge is 2.01. The Labute approximate surface area is 109 Å². The minimum absolute atomic E-state index is 0.00507. The molecule has 0 aromatic rings. The highest BCUT2D eigenvalue weighted by molar-refractivity contribution is 4.46. The van der Waals surface area contributed by atoms with Gasteiger partial charge in [-0.25, -0.2) is 0 Å². The summed E-state index contributed by atoms with van der Waals surface area (Å²) in [4.78, 5) is 0. The maximum Gasteiger partial charge on any atom is 0.0781 e. The third-order valence-corrected chi connectivity index (χ3v) is 2.02. The van der Waals surface area contributed by atoms with Gasteiger partial charge >= 0.3 is 0 Å². The molecule has 6 nitrogen and oxygen atoms in total. The van der Waals surface area contributed by atoms with Crippen LogP contribution in [-0.2, 0) is 23.7 Å². The van der Waals surface area contributed by atoms with Crippen molar-refractivity contribution in [1.82, 2.24) is 0 Å². The van der Waals surface area contributed by atoms with Crippen molar-refractivity contribution in [3.05, 3.63) is 0 Å². The van der Waals surface area contributed by atoms with Crippen LogP contribution in [0.25, 0.3) is 0 Å². The fraction of sp³-hybridized carbons (Fsp3) is 1.00. The largest absolute Gasteiger partial charge is 0.394 e. The van der Waals surface area contributed by atoms with Gasteiger partial charge in [-0.3, -0.25) is 0 Å². The molecule has 0 rings (SSSR count). The predicted molar refractivity (Wildman–Crippen MR) is 66.8 cm³/mol. The van der Waals surface area contributed by atoms with Gasteiger partial charge in [-0.1, -0.05) is 0 Å². The van der Waals surface area contributed by atoms with Crippen molar-refractivity contribution in [3.8, 4) is 0 Å². The number of rotatable bonds is 14. The van der Waals surface area contributed by atoms with Crippen LogP contribution in [0.3, 0.4) is 0 Å². The average molecular weight is 266 g/mol. The average Bonchev–Trinajstić information content (AvgIpc) is 2.38. The van der Waals surface area contributed by atoms with Gasteiger partial charge in [-0.2, -0.15) is 0 Å². The summed E-state index contributed by atoms with van der Waals surface area (Å²) in [5.41, 5.74) is 0. The molecule has 0 bridgehead atoms. The highest BCUT2D eigenvalue weighted by atomic mass is 16.6. The second-order valence-electron chi connectivity index (χ2n) is 3.70. The molecule has 0 aliphatic rings. The number of aliphatic hydroxyl groups is 1. The fourth-order valence-electron chi connectivity index (χ4n) is 1.13. The molecule has 0 aliphatic carbocycles. The van der Waals surface area contributed by atoms with Crippen LogP contribution in [0.15, 0.2) is 0 Å². The first-order valence-electron chi connectivity index (χ1n) is 6.26. The first-order valence-corrected chi connectivity index (χ1v) is 6.26. The van der Waals surface area contributed by atoms with Crippen molar-refractivity contribution in [2.45, 2.75) is 13.0 Å². The number of methoxy groups -OCH3 is 1. The number of ether oxygens (including phenoxy) is 5. The maximum absolute atomic E-state index is 8.56. The number of hydrogen-bond donors (Lipinski definition) is 1. The van der Waals surface area contributed by atoms with Gasteiger partial charge in [0, 0.05) is 7.11 Å². The van der Waals surface area contributed by atoms with Crippen LogP contribution in [0.5, 0.6) is 0 Å². The molecule has 1 unspecified atom stereocenters. The monoisotopic (exact) mass is 266 g/mol. The smallest absolute Gasteiger partial charge is 0.0781 e. The Kier molecular flexibility index (Phi) is 14.6. The van der Waals surface area contributed by atoms with Crippen LogP contribution in [0.4, 0.5) is 0 Å². The van der Waals surface area contributed by atoms with Crippen molar-refractivity contribution in [2.75, 3.05) is 66.6 Å². The van der Waals surface area contributed by atoms with Crippen LogP contribution in [0, 0.1) is 0 Å². The quantitative estimate of drug-likeness (QED) is 0.449. The zero-order chi connectivity index (χ0) is 13.5. The van der Waals surface area contributed by atoms with Gasteiger partial charge < -0.3 is 28.8 Å². The highest BCUT2D eigenvalue weighted by Crippen LogP contribution is 1.91. The Morgan fingerprint density at radius 1 is 0.833 bits per heavy atom. The molecule has 0 aromatic heterocycles. The molecule has 0 aromatic carbocycles. The third-order valence-electron chi connectivity index (χ3n) is 2.02. The first-order chi connectivity index (χ1) is 8.81. The molecule has 0 aliphatic heterocycles. The summed E-state index contributed by atoms with van der Waals surface area (Å²) in [5.74, 6) is 0. The van der Waals surface area contributed by atoms with Crippen molar-refractivity contribution in [2.24, 2.45) is 0 Å². The molecular formula is C12H26O6. The predicted octanol–water partition coefficient (Wildman–Crippen LogP) is 0.0800. The summed E-state index contributed by atoms with van der Waals surface area (Å²) in [5, 5.41) is 8.56. The molecule has 1 N–H and O–H groups in total. The fourth-order valence-corrected chi connectivity index (χ4v) is 1.13. The van der Waals surface area contributed by atoms with Gasteiger partial charge in [-0.05, 0) is 6.92 Å². The molecule has 0 heterocycles. The Hall–Kier alpha value is -0.240. The van der Waals surface area contributed by atoms with E-state index in [0.717, 1.165) is 0 Å². The lowest BCUT2D eigenvalue weighted by molar-refractivity contribution is -0.0374. The normalized spacial score (nSPS) is 12.8. The minimum atomic E-state index is -0.00507. The van der Waals surface area contributed by atoms with Crippen molar-refractivity contribution in [3.63, 3.8) is 0 Å². The van der Waals surface area contributed by atoms with Crippen LogP contribution in [0.1, 0.15) is 6.92 Å². The molecule has 1 atom stereocenters. The second-order valence-corrected chi connectivity index (χ2v) is 3.70. The van der Waals surface area contributed by atoms with Gasteiger partial charge in [0.25, 0.3) is 0 Å². The van der Waals surface area contributed by atoms with Crippen molar-refractivity contribution < 1.29 is 28.8 Å². The maximum atomic E-state index is 8.56. The van der Waals surface area contributed by atoms with Gasteiger partial charge in [0.1, 0.15) is 0 Å². The SMILES string of the molecule is COCCOCCOCCOCC(C)OCCO. The van der Waals surface area contributed by atoms with E-state index in [0.29, 0.717) is 52.9 Å². The standard InChI is InChI=1S/C12H26O6/c1-12(18-4-3-13)11-17-10-9-16-8-7-15-6-5-14-2/h12-13H,3-11H2,1-2H3. The summed E-state index contributed by atoms with van der Waals surface area (Å²) >= 11 is 0. The summed E-state index contributed by atoms with van der Waals surface area (Å²) in [6.07, 6.45) is -0.00507. The molecule has 0 saturated carbocycles. The minimum Gasteiger partial charge on any atom is -0.394 e. The van der Waals surface area contributed by atoms with Crippen LogP contribution in [-0.4, -0.2) is 77.8 Å². The number of aliphatic hydroxyl groups excluding tert-OH is 1. The van der Waals surface area contributed by atoms with Gasteiger partial charge in [0.2, 0.25) is 0 Å². The van der Waals surface area contributed by atoms with E-state index in [9.17, 15) is 0 Å². The molecule has 0 radical (unpaired) electrons. The number of hydrogen-bond acceptors (Lipinski definition) is 6. The van der Waals surface area contributed by atoms with E-state index in [-0.39, 0.29) is 12.7 Å². The molecule has 18 heavy (non-hydrogen) atoms. The Morgan fingerprint density at radius 2 is 1.39 bits per heavy atom. The van der Waals surface area contributed by atoms with E-state index in [4.69, 9.17) is 28.8 Å². The zero-order valence-corrected chi connectivity index (χ0v) is 11.4. The van der Waals surface area contributed by atoms with E-state index in [1.54, 1.807) is 7.11 Å². The Morgan fingerprint density at radius 3 is 1.94 bits per heavy atom. The van der Waals surface area contributed by atoms with Crippen LogP contribution in [0.2, 0.25) is 0 Å². The topological polar surface area (TPSA) is 66.4 Å². The van der Waals surface area contributed by atoms with E-state index in [1.165, 1.54) is 0 Å². The molecule has 110 valence electrons. The van der Waals surface area contributed by atoms with Crippen molar-refractivity contribution >= 4 is 0 Å². The van der Waals surface area contributed by atoms with E-state index in [2.05, 4.69) is 0 Å². The summed E-state index contributed by atoms with van der Waals surface area (Å²) in [6, 6.07) is 0. The van der Waals surface area contributed by atoms with E-state index >= 15 is 0 Å². The first kappa shape index (κ1) is 17.8. The molecule has 0 amide bonds. The summed E-state index contributed by atoms with van der Waals surface area (Å²) in [6.45, 7) is 6.20. The molecule has 6 heteroatoms.